The number of ether oxygens (including phenoxy) is 2. The summed E-state index contributed by atoms with van der Waals surface area (Å²) in [7, 11) is 0. The van der Waals surface area contributed by atoms with Crippen LogP contribution in [-0.4, -0.2) is 6.79 Å². The molecule has 0 aliphatic carbocycles. The van der Waals surface area contributed by atoms with Gasteiger partial charge in [0, 0.05) is 18.7 Å². The van der Waals surface area contributed by atoms with E-state index in [-0.39, 0.29) is 18.9 Å². The summed E-state index contributed by atoms with van der Waals surface area (Å²) < 4.78 is 37.4. The Hall–Kier alpha value is -2.14. The average Bonchev–Trinajstić information content (AvgIpc) is 2.89. The molecule has 104 valence electrons. The first kappa shape index (κ1) is 12.9. The van der Waals surface area contributed by atoms with E-state index >= 15 is 0 Å². The normalized spacial score (nSPS) is 12.7. The van der Waals surface area contributed by atoms with Gasteiger partial charge >= 0.3 is 0 Å². The van der Waals surface area contributed by atoms with Gasteiger partial charge in [0.1, 0.15) is 11.6 Å². The molecule has 0 bridgehead atoms. The van der Waals surface area contributed by atoms with Gasteiger partial charge in [0.05, 0.1) is 0 Å². The second-order valence-corrected chi connectivity index (χ2v) is 4.49. The Morgan fingerprint density at radius 1 is 0.950 bits per heavy atom. The van der Waals surface area contributed by atoms with E-state index in [0.717, 1.165) is 5.56 Å². The van der Waals surface area contributed by atoms with Crippen LogP contribution in [0.4, 0.5) is 8.78 Å². The minimum absolute atomic E-state index is 0.0493. The van der Waals surface area contributed by atoms with E-state index in [1.807, 2.05) is 18.2 Å². The van der Waals surface area contributed by atoms with Crippen LogP contribution in [0.15, 0.2) is 36.4 Å². The summed E-state index contributed by atoms with van der Waals surface area (Å²) >= 11 is 0. The van der Waals surface area contributed by atoms with Crippen molar-refractivity contribution < 1.29 is 18.3 Å². The van der Waals surface area contributed by atoms with Gasteiger partial charge in [-0.25, -0.2) is 8.78 Å². The van der Waals surface area contributed by atoms with E-state index < -0.39 is 11.6 Å². The largest absolute Gasteiger partial charge is 0.454 e. The molecule has 20 heavy (non-hydrogen) atoms. The first-order valence-corrected chi connectivity index (χ1v) is 6.26. The van der Waals surface area contributed by atoms with Crippen LogP contribution < -0.4 is 14.8 Å². The quantitative estimate of drug-likeness (QED) is 0.932. The van der Waals surface area contributed by atoms with Gasteiger partial charge in [-0.3, -0.25) is 0 Å². The van der Waals surface area contributed by atoms with E-state index in [9.17, 15) is 8.78 Å². The third kappa shape index (κ3) is 2.58. The zero-order valence-electron chi connectivity index (χ0n) is 10.7. The molecule has 0 fully saturated rings. The third-order valence-electron chi connectivity index (χ3n) is 3.13. The monoisotopic (exact) mass is 277 g/mol. The van der Waals surface area contributed by atoms with Gasteiger partial charge in [0.2, 0.25) is 6.79 Å². The van der Waals surface area contributed by atoms with Crippen molar-refractivity contribution in [3.8, 4) is 11.5 Å². The highest BCUT2D eigenvalue weighted by atomic mass is 19.1. The minimum atomic E-state index is -0.539. The molecule has 1 heterocycles. The van der Waals surface area contributed by atoms with Gasteiger partial charge in [-0.15, -0.1) is 0 Å². The summed E-state index contributed by atoms with van der Waals surface area (Å²) in [5.41, 5.74) is 1.01. The molecule has 0 amide bonds. The van der Waals surface area contributed by atoms with Gasteiger partial charge in [-0.1, -0.05) is 12.1 Å². The lowest BCUT2D eigenvalue weighted by molar-refractivity contribution is 0.174. The summed E-state index contributed by atoms with van der Waals surface area (Å²) in [5.74, 6) is 0.335. The van der Waals surface area contributed by atoms with Crippen LogP contribution in [0.5, 0.6) is 11.5 Å². The van der Waals surface area contributed by atoms with Crippen molar-refractivity contribution in [2.24, 2.45) is 0 Å². The Labute approximate surface area is 115 Å². The van der Waals surface area contributed by atoms with Crippen LogP contribution in [0.1, 0.15) is 11.1 Å². The van der Waals surface area contributed by atoms with E-state index in [2.05, 4.69) is 5.32 Å². The number of hydrogen-bond acceptors (Lipinski definition) is 3. The van der Waals surface area contributed by atoms with Gasteiger partial charge < -0.3 is 14.8 Å². The molecule has 1 aliphatic rings. The molecule has 1 N–H and O–H groups in total. The standard InChI is InChI=1S/C15H13F2NO2/c16-12-2-1-3-13(17)11(12)8-18-7-10-4-5-14-15(6-10)20-9-19-14/h1-6,18H,7-9H2. The van der Waals surface area contributed by atoms with Crippen LogP contribution in [0, 0.1) is 11.6 Å². The van der Waals surface area contributed by atoms with Crippen molar-refractivity contribution in [2.45, 2.75) is 13.1 Å². The van der Waals surface area contributed by atoms with Gasteiger partial charge in [-0.2, -0.15) is 0 Å². The predicted molar refractivity (Wildman–Crippen MR) is 69.5 cm³/mol. The molecule has 0 saturated carbocycles. The molecule has 2 aromatic rings. The van der Waals surface area contributed by atoms with Crippen LogP contribution in [0.3, 0.4) is 0 Å². The summed E-state index contributed by atoms with van der Waals surface area (Å²) in [4.78, 5) is 0. The topological polar surface area (TPSA) is 30.5 Å². The second kappa shape index (κ2) is 5.46. The first-order chi connectivity index (χ1) is 9.74. The van der Waals surface area contributed by atoms with Gasteiger partial charge in [-0.05, 0) is 29.8 Å². The van der Waals surface area contributed by atoms with Crippen molar-refractivity contribution in [1.29, 1.82) is 0 Å². The molecule has 0 atom stereocenters. The molecule has 0 saturated heterocycles. The van der Waals surface area contributed by atoms with Crippen molar-refractivity contribution in [1.82, 2.24) is 5.32 Å². The fourth-order valence-electron chi connectivity index (χ4n) is 2.08. The van der Waals surface area contributed by atoms with Crippen molar-refractivity contribution in [2.75, 3.05) is 6.79 Å². The summed E-state index contributed by atoms with van der Waals surface area (Å²) in [6.45, 7) is 0.851. The van der Waals surface area contributed by atoms with Gasteiger partial charge in [0.15, 0.2) is 11.5 Å². The molecule has 0 spiro atoms. The molecular weight excluding hydrogens is 264 g/mol. The second-order valence-electron chi connectivity index (χ2n) is 4.49. The smallest absolute Gasteiger partial charge is 0.231 e. The maximum absolute atomic E-state index is 13.4. The Morgan fingerprint density at radius 3 is 2.50 bits per heavy atom. The number of nitrogens with one attached hydrogen (secondary N) is 1. The number of benzene rings is 2. The molecule has 3 nitrogen and oxygen atoms in total. The maximum Gasteiger partial charge on any atom is 0.231 e. The maximum atomic E-state index is 13.4. The fraction of sp³-hybridized carbons (Fsp3) is 0.200. The van der Waals surface area contributed by atoms with E-state index in [4.69, 9.17) is 9.47 Å². The summed E-state index contributed by atoms with van der Waals surface area (Å²) in [6.07, 6.45) is 0. The number of rotatable bonds is 4. The van der Waals surface area contributed by atoms with Crippen molar-refractivity contribution >= 4 is 0 Å². The number of fused-ring (bicyclic) bond motifs is 1. The summed E-state index contributed by atoms with van der Waals surface area (Å²) in [5, 5.41) is 3.01. The molecule has 2 aromatic carbocycles. The van der Waals surface area contributed by atoms with Crippen LogP contribution >= 0.6 is 0 Å². The van der Waals surface area contributed by atoms with E-state index in [0.29, 0.717) is 18.0 Å². The van der Waals surface area contributed by atoms with E-state index in [1.54, 1.807) is 0 Å². The lowest BCUT2D eigenvalue weighted by atomic mass is 10.1. The zero-order valence-corrected chi connectivity index (χ0v) is 10.7. The zero-order chi connectivity index (χ0) is 13.9. The lowest BCUT2D eigenvalue weighted by Crippen LogP contribution is -2.15. The summed E-state index contributed by atoms with van der Waals surface area (Å²) in [6, 6.07) is 9.42. The highest BCUT2D eigenvalue weighted by Gasteiger charge is 2.13. The Kier molecular flexibility index (Phi) is 3.52. The van der Waals surface area contributed by atoms with Crippen LogP contribution in [0.25, 0.3) is 0 Å². The van der Waals surface area contributed by atoms with Crippen LogP contribution in [0.2, 0.25) is 0 Å². The number of hydrogen-bond donors (Lipinski definition) is 1. The number of halogens is 2. The Balaban J connectivity index is 1.63. The highest BCUT2D eigenvalue weighted by molar-refractivity contribution is 5.44. The Morgan fingerprint density at radius 2 is 1.70 bits per heavy atom. The SMILES string of the molecule is Fc1cccc(F)c1CNCc1ccc2c(c1)OCO2. The Bertz CT molecular complexity index is 611. The molecule has 1 aliphatic heterocycles. The molecule has 0 unspecified atom stereocenters. The molecule has 3 rings (SSSR count). The molecule has 5 heteroatoms. The van der Waals surface area contributed by atoms with Crippen molar-refractivity contribution in [3.63, 3.8) is 0 Å². The lowest BCUT2D eigenvalue weighted by Gasteiger charge is -2.08. The first-order valence-electron chi connectivity index (χ1n) is 6.26. The minimum Gasteiger partial charge on any atom is -0.454 e. The average molecular weight is 277 g/mol. The molecule has 0 radical (unpaired) electrons. The predicted octanol–water partition coefficient (Wildman–Crippen LogP) is 2.98. The highest BCUT2D eigenvalue weighted by Crippen LogP contribution is 2.32. The van der Waals surface area contributed by atoms with Crippen molar-refractivity contribution in [3.05, 3.63) is 59.2 Å². The molecule has 0 aromatic heterocycles. The third-order valence-corrected chi connectivity index (χ3v) is 3.13. The fourth-order valence-corrected chi connectivity index (χ4v) is 2.08. The van der Waals surface area contributed by atoms with Crippen LogP contribution in [-0.2, 0) is 13.1 Å². The van der Waals surface area contributed by atoms with E-state index in [1.165, 1.54) is 18.2 Å². The van der Waals surface area contributed by atoms with Gasteiger partial charge in [0.25, 0.3) is 0 Å². The molecular formula is C15H13F2NO2.